The van der Waals surface area contributed by atoms with Crippen molar-refractivity contribution in [3.63, 3.8) is 0 Å². The molecule has 3 rings (SSSR count). The first-order valence-corrected chi connectivity index (χ1v) is 9.13. The van der Waals surface area contributed by atoms with Crippen LogP contribution in [0.25, 0.3) is 5.52 Å². The van der Waals surface area contributed by atoms with Crippen LogP contribution < -0.4 is 10.0 Å². The number of aromatic nitrogens is 3. The number of rotatable bonds is 5. The number of aryl methyl sites for hydroxylation is 1. The van der Waals surface area contributed by atoms with Gasteiger partial charge >= 0.3 is 0 Å². The van der Waals surface area contributed by atoms with Crippen LogP contribution >= 0.6 is 11.6 Å². The second-order valence-corrected chi connectivity index (χ2v) is 7.96. The maximum atomic E-state index is 11.2. The van der Waals surface area contributed by atoms with Gasteiger partial charge in [-0.1, -0.05) is 11.6 Å². The van der Waals surface area contributed by atoms with Crippen molar-refractivity contribution in [3.8, 4) is 0 Å². The molecule has 23 heavy (non-hydrogen) atoms. The Hall–Kier alpha value is -1.42. The van der Waals surface area contributed by atoms with Gasteiger partial charge in [-0.15, -0.1) is 0 Å². The van der Waals surface area contributed by atoms with Crippen LogP contribution in [-0.2, 0) is 10.2 Å². The molecule has 2 aromatic heterocycles. The lowest BCUT2D eigenvalue weighted by Crippen LogP contribution is -2.49. The molecule has 0 bridgehead atoms. The van der Waals surface area contributed by atoms with Crippen molar-refractivity contribution < 1.29 is 8.42 Å². The largest absolute Gasteiger partial charge is 0.354 e. The lowest BCUT2D eigenvalue weighted by atomic mass is 9.96. The monoisotopic (exact) mass is 358 g/mol. The molecule has 0 amide bonds. The number of anilines is 1. The number of nitrogens with zero attached hydrogens (tertiary/aromatic N) is 5. The van der Waals surface area contributed by atoms with Gasteiger partial charge in [-0.3, -0.25) is 0 Å². The zero-order chi connectivity index (χ0) is 16.8. The molecule has 1 fully saturated rings. The minimum Gasteiger partial charge on any atom is -0.354 e. The van der Waals surface area contributed by atoms with E-state index < -0.39 is 10.2 Å². The van der Waals surface area contributed by atoms with E-state index in [0.29, 0.717) is 17.6 Å². The molecule has 0 atom stereocenters. The zero-order valence-electron chi connectivity index (χ0n) is 13.0. The van der Waals surface area contributed by atoms with Gasteiger partial charge in [-0.25, -0.2) is 14.6 Å². The van der Waals surface area contributed by atoms with Gasteiger partial charge in [0, 0.05) is 26.7 Å². The van der Waals surface area contributed by atoms with Crippen LogP contribution in [0.3, 0.4) is 0 Å². The molecule has 1 saturated heterocycles. The molecule has 0 unspecified atom stereocenters. The Morgan fingerprint density at radius 1 is 1.48 bits per heavy atom. The third-order valence-corrected chi connectivity index (χ3v) is 5.55. The van der Waals surface area contributed by atoms with E-state index in [1.54, 1.807) is 4.52 Å². The van der Waals surface area contributed by atoms with Crippen LogP contribution in [0.5, 0.6) is 0 Å². The first-order valence-electron chi connectivity index (χ1n) is 7.25. The van der Waals surface area contributed by atoms with Crippen molar-refractivity contribution in [2.45, 2.75) is 13.3 Å². The van der Waals surface area contributed by atoms with Crippen LogP contribution in [0.1, 0.15) is 12.0 Å². The summed E-state index contributed by atoms with van der Waals surface area (Å²) in [6, 6.07) is 1.87. The second-order valence-electron chi connectivity index (χ2n) is 5.92. The Morgan fingerprint density at radius 2 is 2.17 bits per heavy atom. The summed E-state index contributed by atoms with van der Waals surface area (Å²) in [4.78, 5) is 6.54. The first-order chi connectivity index (χ1) is 10.8. The lowest BCUT2D eigenvalue weighted by molar-refractivity contribution is 0.343. The van der Waals surface area contributed by atoms with Crippen molar-refractivity contribution in [2.75, 3.05) is 31.6 Å². The van der Waals surface area contributed by atoms with E-state index in [4.69, 9.17) is 16.7 Å². The fourth-order valence-electron chi connectivity index (χ4n) is 2.81. The van der Waals surface area contributed by atoms with Crippen molar-refractivity contribution in [1.29, 1.82) is 0 Å². The van der Waals surface area contributed by atoms with Gasteiger partial charge in [0.25, 0.3) is 10.2 Å². The minimum atomic E-state index is -3.60. The lowest BCUT2D eigenvalue weighted by Gasteiger charge is -2.40. The van der Waals surface area contributed by atoms with Crippen LogP contribution in [-0.4, -0.2) is 54.0 Å². The van der Waals surface area contributed by atoms with Gasteiger partial charge in [0.1, 0.15) is 17.0 Å². The summed E-state index contributed by atoms with van der Waals surface area (Å²) in [6.45, 7) is 4.06. The summed E-state index contributed by atoms with van der Waals surface area (Å²) < 4.78 is 25.2. The van der Waals surface area contributed by atoms with Crippen molar-refractivity contribution in [1.82, 2.24) is 18.9 Å². The maximum Gasteiger partial charge on any atom is 0.276 e. The number of fused-ring (bicyclic) bond motifs is 1. The Morgan fingerprint density at radius 3 is 2.83 bits per heavy atom. The fourth-order valence-corrected chi connectivity index (χ4v) is 3.46. The third-order valence-electron chi connectivity index (χ3n) is 4.23. The summed E-state index contributed by atoms with van der Waals surface area (Å²) in [6.07, 6.45) is 2.27. The van der Waals surface area contributed by atoms with Crippen LogP contribution in [0.15, 0.2) is 12.4 Å². The summed E-state index contributed by atoms with van der Waals surface area (Å²) in [5.74, 6) is 1.28. The molecular weight excluding hydrogens is 340 g/mol. The highest BCUT2D eigenvalue weighted by Crippen LogP contribution is 2.31. The van der Waals surface area contributed by atoms with Gasteiger partial charge < -0.3 is 4.90 Å². The Bertz CT molecular complexity index is 830. The molecule has 0 aromatic carbocycles. The fraction of sp³-hybridized carbons (Fsp3) is 0.538. The SMILES string of the molecule is Cc1cc(Cl)n2ncnc(N3CC(CCN(C)S(N)(=O)=O)C3)c12. The predicted octanol–water partition coefficient (Wildman–Crippen LogP) is 0.653. The molecule has 8 nitrogen and oxygen atoms in total. The smallest absolute Gasteiger partial charge is 0.276 e. The van der Waals surface area contributed by atoms with Gasteiger partial charge in [-0.2, -0.15) is 17.8 Å². The standard InChI is InChI=1S/C13H19ClN6O2S/c1-9-5-11(14)20-12(9)13(16-8-17-20)19-6-10(7-19)3-4-18(2)23(15,21)22/h5,8,10H,3-4,6-7H2,1-2H3,(H2,15,21,22). The Labute approximate surface area is 140 Å². The topological polar surface area (TPSA) is 96.8 Å². The zero-order valence-corrected chi connectivity index (χ0v) is 14.5. The molecule has 0 saturated carbocycles. The average molecular weight is 359 g/mol. The Kier molecular flexibility index (Phi) is 4.21. The summed E-state index contributed by atoms with van der Waals surface area (Å²) in [5.41, 5.74) is 1.95. The molecule has 1 aliphatic heterocycles. The van der Waals surface area contributed by atoms with Gasteiger partial charge in [0.2, 0.25) is 0 Å². The van der Waals surface area contributed by atoms with E-state index in [-0.39, 0.29) is 0 Å². The highest BCUT2D eigenvalue weighted by atomic mass is 35.5. The van der Waals surface area contributed by atoms with Crippen LogP contribution in [0, 0.1) is 12.8 Å². The van der Waals surface area contributed by atoms with E-state index in [9.17, 15) is 8.42 Å². The highest BCUT2D eigenvalue weighted by Gasteiger charge is 2.30. The number of hydrogen-bond acceptors (Lipinski definition) is 5. The van der Waals surface area contributed by atoms with Crippen molar-refractivity contribution in [2.24, 2.45) is 11.1 Å². The van der Waals surface area contributed by atoms with Crippen LogP contribution in [0.4, 0.5) is 5.82 Å². The molecule has 10 heteroatoms. The molecule has 126 valence electrons. The minimum absolute atomic E-state index is 0.417. The molecule has 3 heterocycles. The third kappa shape index (κ3) is 3.14. The van der Waals surface area contributed by atoms with Gasteiger partial charge in [0.05, 0.1) is 0 Å². The Balaban J connectivity index is 1.66. The van der Waals surface area contributed by atoms with Crippen molar-refractivity contribution >= 4 is 33.1 Å². The number of halogens is 1. The van der Waals surface area contributed by atoms with E-state index in [1.807, 2.05) is 13.0 Å². The quantitative estimate of drug-likeness (QED) is 0.846. The van der Waals surface area contributed by atoms with Gasteiger partial charge in [0.15, 0.2) is 5.82 Å². The van der Waals surface area contributed by atoms with Crippen LogP contribution in [0.2, 0.25) is 5.15 Å². The first kappa shape index (κ1) is 16.4. The molecular formula is C13H19ClN6O2S. The molecule has 1 aliphatic rings. The summed E-state index contributed by atoms with van der Waals surface area (Å²) >= 11 is 6.15. The molecule has 0 aliphatic carbocycles. The summed E-state index contributed by atoms with van der Waals surface area (Å²) in [5, 5.41) is 9.81. The molecule has 2 N–H and O–H groups in total. The number of nitrogens with two attached hydrogens (primary N) is 1. The molecule has 2 aromatic rings. The van der Waals surface area contributed by atoms with Gasteiger partial charge in [-0.05, 0) is 30.9 Å². The van der Waals surface area contributed by atoms with E-state index in [2.05, 4.69) is 15.0 Å². The maximum absolute atomic E-state index is 11.2. The normalized spacial score (nSPS) is 16.3. The highest BCUT2D eigenvalue weighted by molar-refractivity contribution is 7.86. The molecule has 0 spiro atoms. The van der Waals surface area contributed by atoms with E-state index in [1.165, 1.54) is 17.7 Å². The van der Waals surface area contributed by atoms with Crippen molar-refractivity contribution in [3.05, 3.63) is 23.1 Å². The van der Waals surface area contributed by atoms with E-state index >= 15 is 0 Å². The summed E-state index contributed by atoms with van der Waals surface area (Å²) in [7, 11) is -2.11. The average Bonchev–Trinajstić information content (AvgIpc) is 2.72. The molecule has 0 radical (unpaired) electrons. The van der Waals surface area contributed by atoms with E-state index in [0.717, 1.165) is 36.4 Å². The predicted molar refractivity (Wildman–Crippen MR) is 88.8 cm³/mol. The second kappa shape index (κ2) is 5.90. The number of hydrogen-bond donors (Lipinski definition) is 1.